The van der Waals surface area contributed by atoms with Gasteiger partial charge in [0.1, 0.15) is 5.75 Å². The van der Waals surface area contributed by atoms with E-state index in [9.17, 15) is 4.79 Å². The first-order valence-corrected chi connectivity index (χ1v) is 8.53. The highest BCUT2D eigenvalue weighted by Gasteiger charge is 2.22. The maximum Gasteiger partial charge on any atom is 0.269 e. The summed E-state index contributed by atoms with van der Waals surface area (Å²) in [5.74, 6) is 0.585. The fraction of sp³-hybridized carbons (Fsp3) is 0.444. The number of carbonyl (C=O) groups excluding carboxylic acids is 1. The number of aryl methyl sites for hydroxylation is 1. The Bertz CT molecular complexity index is 671. The lowest BCUT2D eigenvalue weighted by molar-refractivity contribution is -0.124. The van der Waals surface area contributed by atoms with Crippen molar-refractivity contribution in [3.05, 3.63) is 40.9 Å². The van der Waals surface area contributed by atoms with Crippen LogP contribution in [0.2, 0.25) is 0 Å². The Morgan fingerprint density at radius 1 is 1.26 bits per heavy atom. The maximum atomic E-state index is 12.5. The minimum Gasteiger partial charge on any atom is -0.481 e. The molecule has 0 aliphatic carbocycles. The Morgan fingerprint density at radius 3 is 2.35 bits per heavy atom. The van der Waals surface area contributed by atoms with Gasteiger partial charge in [0.05, 0.1) is 5.69 Å². The van der Waals surface area contributed by atoms with E-state index < -0.39 is 6.10 Å². The van der Waals surface area contributed by atoms with Crippen LogP contribution in [0.5, 0.6) is 5.75 Å². The van der Waals surface area contributed by atoms with Crippen molar-refractivity contribution in [2.24, 2.45) is 0 Å². The van der Waals surface area contributed by atoms with Crippen LogP contribution in [0.25, 0.3) is 0 Å². The summed E-state index contributed by atoms with van der Waals surface area (Å²) in [6.07, 6.45) is -0.565. The number of amides is 1. The van der Waals surface area contributed by atoms with Gasteiger partial charge >= 0.3 is 0 Å². The van der Waals surface area contributed by atoms with Gasteiger partial charge in [-0.1, -0.05) is 32.9 Å². The summed E-state index contributed by atoms with van der Waals surface area (Å²) >= 11 is 1.45. The van der Waals surface area contributed by atoms with Crippen LogP contribution in [0, 0.1) is 6.92 Å². The number of carbonyl (C=O) groups is 1. The summed E-state index contributed by atoms with van der Waals surface area (Å²) in [4.78, 5) is 18.3. The van der Waals surface area contributed by atoms with Gasteiger partial charge in [0.25, 0.3) is 5.91 Å². The van der Waals surface area contributed by atoms with E-state index in [0.29, 0.717) is 10.9 Å². The predicted molar refractivity (Wildman–Crippen MR) is 95.5 cm³/mol. The van der Waals surface area contributed by atoms with Crippen molar-refractivity contribution in [1.82, 2.24) is 4.98 Å². The van der Waals surface area contributed by atoms with E-state index in [-0.39, 0.29) is 11.3 Å². The molecule has 0 aliphatic heterocycles. The SMILES string of the molecule is Cc1csc(N(C)C(=O)C(C)Oc2ccc(C(C)(C)C)cc2)n1. The third-order valence-corrected chi connectivity index (χ3v) is 4.64. The summed E-state index contributed by atoms with van der Waals surface area (Å²) in [5, 5.41) is 2.61. The number of thiazole rings is 1. The Balaban J connectivity index is 2.03. The van der Waals surface area contributed by atoms with E-state index in [1.807, 2.05) is 36.6 Å². The molecule has 0 aliphatic rings. The average molecular weight is 332 g/mol. The van der Waals surface area contributed by atoms with Crippen LogP contribution < -0.4 is 9.64 Å². The molecular weight excluding hydrogens is 308 g/mol. The second kappa shape index (κ2) is 6.71. The molecule has 1 unspecified atom stereocenters. The van der Waals surface area contributed by atoms with Crippen molar-refractivity contribution in [1.29, 1.82) is 0 Å². The van der Waals surface area contributed by atoms with Crippen LogP contribution in [0.4, 0.5) is 5.13 Å². The minimum atomic E-state index is -0.565. The lowest BCUT2D eigenvalue weighted by Gasteiger charge is -2.22. The van der Waals surface area contributed by atoms with Crippen LogP contribution >= 0.6 is 11.3 Å². The maximum absolute atomic E-state index is 12.5. The number of anilines is 1. The first kappa shape index (κ1) is 17.5. The highest BCUT2D eigenvalue weighted by molar-refractivity contribution is 7.14. The zero-order chi connectivity index (χ0) is 17.2. The third kappa shape index (κ3) is 4.32. The monoisotopic (exact) mass is 332 g/mol. The quantitative estimate of drug-likeness (QED) is 0.843. The normalized spacial score (nSPS) is 12.8. The van der Waals surface area contributed by atoms with Gasteiger partial charge in [-0.15, -0.1) is 11.3 Å². The highest BCUT2D eigenvalue weighted by atomic mass is 32.1. The summed E-state index contributed by atoms with van der Waals surface area (Å²) in [7, 11) is 1.73. The predicted octanol–water partition coefficient (Wildman–Crippen LogP) is 4.18. The van der Waals surface area contributed by atoms with E-state index in [1.54, 1.807) is 18.9 Å². The number of benzene rings is 1. The lowest BCUT2D eigenvalue weighted by atomic mass is 9.87. The molecule has 2 aromatic rings. The highest BCUT2D eigenvalue weighted by Crippen LogP contribution is 2.25. The number of likely N-dealkylation sites (N-methyl/N-ethyl adjacent to an activating group) is 1. The fourth-order valence-electron chi connectivity index (χ4n) is 2.15. The van der Waals surface area contributed by atoms with Gasteiger partial charge in [0, 0.05) is 12.4 Å². The van der Waals surface area contributed by atoms with Crippen molar-refractivity contribution in [2.75, 3.05) is 11.9 Å². The molecule has 1 aromatic carbocycles. The second-order valence-electron chi connectivity index (χ2n) is 6.70. The van der Waals surface area contributed by atoms with Gasteiger partial charge in [-0.3, -0.25) is 9.69 Å². The molecule has 124 valence electrons. The van der Waals surface area contributed by atoms with E-state index in [0.717, 1.165) is 5.69 Å². The van der Waals surface area contributed by atoms with Gasteiger partial charge < -0.3 is 4.74 Å². The number of hydrogen-bond acceptors (Lipinski definition) is 4. The number of aromatic nitrogens is 1. The molecule has 0 saturated heterocycles. The van der Waals surface area contributed by atoms with Crippen LogP contribution in [0.1, 0.15) is 39.0 Å². The zero-order valence-electron chi connectivity index (χ0n) is 14.6. The van der Waals surface area contributed by atoms with Crippen molar-refractivity contribution >= 4 is 22.4 Å². The zero-order valence-corrected chi connectivity index (χ0v) is 15.4. The fourth-order valence-corrected chi connectivity index (χ4v) is 2.92. The van der Waals surface area contributed by atoms with Crippen molar-refractivity contribution in [2.45, 2.75) is 46.1 Å². The van der Waals surface area contributed by atoms with Crippen molar-refractivity contribution in [3.8, 4) is 5.75 Å². The van der Waals surface area contributed by atoms with Crippen LogP contribution in [-0.2, 0) is 10.2 Å². The molecule has 0 saturated carbocycles. The number of ether oxygens (including phenoxy) is 1. The molecule has 1 aromatic heterocycles. The van der Waals surface area contributed by atoms with E-state index >= 15 is 0 Å². The molecule has 0 fully saturated rings. The Kier molecular flexibility index (Phi) is 5.09. The first-order chi connectivity index (χ1) is 10.7. The smallest absolute Gasteiger partial charge is 0.269 e. The average Bonchev–Trinajstić information content (AvgIpc) is 2.92. The summed E-state index contributed by atoms with van der Waals surface area (Å²) in [6, 6.07) is 7.91. The summed E-state index contributed by atoms with van der Waals surface area (Å²) < 4.78 is 5.78. The number of nitrogens with zero attached hydrogens (tertiary/aromatic N) is 2. The van der Waals surface area contributed by atoms with Gasteiger partial charge in [0.2, 0.25) is 0 Å². The molecule has 1 atom stereocenters. The molecular formula is C18H24N2O2S. The van der Waals surface area contributed by atoms with Crippen molar-refractivity contribution < 1.29 is 9.53 Å². The molecule has 1 heterocycles. The molecule has 5 heteroatoms. The summed E-state index contributed by atoms with van der Waals surface area (Å²) in [6.45, 7) is 10.2. The van der Waals surface area contributed by atoms with Crippen LogP contribution in [-0.4, -0.2) is 24.0 Å². The topological polar surface area (TPSA) is 42.4 Å². The first-order valence-electron chi connectivity index (χ1n) is 7.65. The van der Waals surface area contributed by atoms with Crippen LogP contribution in [0.15, 0.2) is 29.6 Å². The van der Waals surface area contributed by atoms with Gasteiger partial charge in [-0.05, 0) is 37.0 Å². The third-order valence-electron chi connectivity index (χ3n) is 3.61. The second-order valence-corrected chi connectivity index (χ2v) is 7.54. The van der Waals surface area contributed by atoms with Crippen molar-refractivity contribution in [3.63, 3.8) is 0 Å². The van der Waals surface area contributed by atoms with Gasteiger partial charge in [-0.2, -0.15) is 0 Å². The lowest BCUT2D eigenvalue weighted by Crippen LogP contribution is -2.38. The molecule has 0 bridgehead atoms. The summed E-state index contributed by atoms with van der Waals surface area (Å²) in [5.41, 5.74) is 2.25. The largest absolute Gasteiger partial charge is 0.481 e. The number of hydrogen-bond donors (Lipinski definition) is 0. The molecule has 4 nitrogen and oxygen atoms in total. The van der Waals surface area contributed by atoms with E-state index in [4.69, 9.17) is 4.74 Å². The molecule has 23 heavy (non-hydrogen) atoms. The Labute approximate surface area is 142 Å². The van der Waals surface area contributed by atoms with E-state index in [1.165, 1.54) is 16.9 Å². The molecule has 2 rings (SSSR count). The Morgan fingerprint density at radius 2 is 1.87 bits per heavy atom. The minimum absolute atomic E-state index is 0.100. The molecule has 0 radical (unpaired) electrons. The Hall–Kier alpha value is -1.88. The molecule has 0 N–H and O–H groups in total. The van der Waals surface area contributed by atoms with E-state index in [2.05, 4.69) is 25.8 Å². The van der Waals surface area contributed by atoms with Crippen LogP contribution in [0.3, 0.4) is 0 Å². The number of rotatable bonds is 4. The van der Waals surface area contributed by atoms with Gasteiger partial charge in [0.15, 0.2) is 11.2 Å². The van der Waals surface area contributed by atoms with Gasteiger partial charge in [-0.25, -0.2) is 4.98 Å². The standard InChI is InChI=1S/C18H24N2O2S/c1-12-11-23-17(19-12)20(6)16(21)13(2)22-15-9-7-14(8-10-15)18(3,4)5/h7-11,13H,1-6H3. The molecule has 1 amide bonds. The molecule has 0 spiro atoms.